The summed E-state index contributed by atoms with van der Waals surface area (Å²) in [5.41, 5.74) is 8.39. The van der Waals surface area contributed by atoms with Gasteiger partial charge in [0.25, 0.3) is 0 Å². The van der Waals surface area contributed by atoms with Crippen LogP contribution in [0.25, 0.3) is 0 Å². The summed E-state index contributed by atoms with van der Waals surface area (Å²) >= 11 is 0. The highest BCUT2D eigenvalue weighted by Crippen LogP contribution is 2.05. The van der Waals surface area contributed by atoms with Crippen molar-refractivity contribution in [3.63, 3.8) is 0 Å². The van der Waals surface area contributed by atoms with Crippen LogP contribution in [0.1, 0.15) is 16.7 Å². The van der Waals surface area contributed by atoms with Gasteiger partial charge in [0.1, 0.15) is 6.07 Å². The molecule has 0 saturated carbocycles. The molecule has 3 heteroatoms. The van der Waals surface area contributed by atoms with Gasteiger partial charge in [-0.05, 0) is 24.3 Å². The van der Waals surface area contributed by atoms with Crippen LogP contribution < -0.4 is 5.73 Å². The number of nitrogens with zero attached hydrogens (tertiary/aromatic N) is 2. The Morgan fingerprint density at radius 1 is 1.00 bits per heavy atom. The number of hydrogen-bond donors (Lipinski definition) is 1. The molecule has 2 rings (SSSR count). The fraction of sp³-hybridized carbons (Fsp3) is 0. The molecule has 0 aliphatic carbocycles. The van der Waals surface area contributed by atoms with Gasteiger partial charge in [-0.1, -0.05) is 17.9 Å². The van der Waals surface area contributed by atoms with E-state index < -0.39 is 0 Å². The number of nitrogen functional groups attached to an aromatic ring is 1. The monoisotopic (exact) mass is 219 g/mol. The van der Waals surface area contributed by atoms with Crippen molar-refractivity contribution < 1.29 is 0 Å². The second-order valence-electron chi connectivity index (χ2n) is 3.45. The van der Waals surface area contributed by atoms with Gasteiger partial charge in [0.15, 0.2) is 0 Å². The quantitative estimate of drug-likeness (QED) is 0.544. The molecule has 2 aromatic rings. The van der Waals surface area contributed by atoms with E-state index in [1.54, 1.807) is 18.3 Å². The molecule has 17 heavy (non-hydrogen) atoms. The van der Waals surface area contributed by atoms with E-state index in [1.165, 1.54) is 6.20 Å². The van der Waals surface area contributed by atoms with Crippen LogP contribution in [0.15, 0.2) is 42.7 Å². The Morgan fingerprint density at radius 2 is 1.76 bits per heavy atom. The number of nitrogens with two attached hydrogens (primary N) is 1. The van der Waals surface area contributed by atoms with Gasteiger partial charge >= 0.3 is 0 Å². The summed E-state index contributed by atoms with van der Waals surface area (Å²) in [5, 5.41) is 8.73. The van der Waals surface area contributed by atoms with Crippen LogP contribution in [0.4, 0.5) is 5.69 Å². The third-order valence-corrected chi connectivity index (χ3v) is 2.11. The standard InChI is InChI=1S/C14H9N3/c15-8-13-6-12(9-17-10-13)5-4-11-2-1-3-14(16)7-11/h1-3,6-7,9-10H,16H2. The van der Waals surface area contributed by atoms with Crippen LogP contribution in [0.5, 0.6) is 0 Å². The predicted molar refractivity (Wildman–Crippen MR) is 65.8 cm³/mol. The number of anilines is 1. The van der Waals surface area contributed by atoms with Crippen molar-refractivity contribution in [1.29, 1.82) is 5.26 Å². The molecule has 0 aliphatic heterocycles. The molecule has 80 valence electrons. The van der Waals surface area contributed by atoms with Crippen LogP contribution in [0, 0.1) is 23.2 Å². The van der Waals surface area contributed by atoms with Gasteiger partial charge in [0, 0.05) is 29.2 Å². The maximum Gasteiger partial charge on any atom is 0.101 e. The minimum atomic E-state index is 0.504. The van der Waals surface area contributed by atoms with Crippen molar-refractivity contribution in [1.82, 2.24) is 4.98 Å². The average Bonchev–Trinajstić information content (AvgIpc) is 2.37. The lowest BCUT2D eigenvalue weighted by Crippen LogP contribution is -1.85. The zero-order chi connectivity index (χ0) is 12.1. The van der Waals surface area contributed by atoms with Crippen LogP contribution in [-0.4, -0.2) is 4.98 Å². The lowest BCUT2D eigenvalue weighted by atomic mass is 10.2. The smallest absolute Gasteiger partial charge is 0.101 e. The molecule has 2 N–H and O–H groups in total. The molecule has 0 unspecified atom stereocenters. The first-order valence-corrected chi connectivity index (χ1v) is 5.00. The van der Waals surface area contributed by atoms with Gasteiger partial charge in [0.05, 0.1) is 5.56 Å². The van der Waals surface area contributed by atoms with Gasteiger partial charge in [-0.25, -0.2) is 0 Å². The second kappa shape index (κ2) is 4.83. The number of pyridine rings is 1. The lowest BCUT2D eigenvalue weighted by molar-refractivity contribution is 1.29. The molecule has 0 atom stereocenters. The van der Waals surface area contributed by atoms with Crippen LogP contribution >= 0.6 is 0 Å². The summed E-state index contributed by atoms with van der Waals surface area (Å²) in [7, 11) is 0. The van der Waals surface area contributed by atoms with E-state index in [4.69, 9.17) is 11.0 Å². The summed E-state index contributed by atoms with van der Waals surface area (Å²) in [4.78, 5) is 3.94. The van der Waals surface area contributed by atoms with Gasteiger partial charge in [-0.15, -0.1) is 0 Å². The third-order valence-electron chi connectivity index (χ3n) is 2.11. The van der Waals surface area contributed by atoms with Crippen molar-refractivity contribution in [3.05, 3.63) is 59.4 Å². The number of rotatable bonds is 0. The molecule has 0 aliphatic rings. The van der Waals surface area contributed by atoms with Gasteiger partial charge < -0.3 is 5.73 Å². The molecule has 0 bridgehead atoms. The zero-order valence-corrected chi connectivity index (χ0v) is 9.01. The maximum atomic E-state index is 8.73. The molecule has 3 nitrogen and oxygen atoms in total. The fourth-order valence-corrected chi connectivity index (χ4v) is 1.33. The molecule has 1 heterocycles. The molecule has 0 amide bonds. The first-order chi connectivity index (χ1) is 8.28. The Bertz CT molecular complexity index is 642. The highest BCUT2D eigenvalue weighted by Gasteiger charge is 1.92. The Labute approximate surface area is 99.5 Å². The van der Waals surface area contributed by atoms with E-state index in [2.05, 4.69) is 16.8 Å². The first kappa shape index (κ1) is 10.7. The lowest BCUT2D eigenvalue weighted by Gasteiger charge is -1.93. The Kier molecular flexibility index (Phi) is 3.05. The van der Waals surface area contributed by atoms with Crippen molar-refractivity contribution in [3.8, 4) is 17.9 Å². The molecule has 1 aromatic heterocycles. The average molecular weight is 219 g/mol. The van der Waals surface area contributed by atoms with Crippen LogP contribution in [-0.2, 0) is 0 Å². The SMILES string of the molecule is N#Cc1cncc(C#Cc2cccc(N)c2)c1. The maximum absolute atomic E-state index is 8.73. The van der Waals surface area contributed by atoms with Crippen molar-refractivity contribution in [2.24, 2.45) is 0 Å². The molecule has 0 radical (unpaired) electrons. The van der Waals surface area contributed by atoms with Gasteiger partial charge in [-0.3, -0.25) is 4.98 Å². The summed E-state index contributed by atoms with van der Waals surface area (Å²) in [5.74, 6) is 5.92. The number of hydrogen-bond acceptors (Lipinski definition) is 3. The first-order valence-electron chi connectivity index (χ1n) is 5.00. The second-order valence-corrected chi connectivity index (χ2v) is 3.45. The number of benzene rings is 1. The van der Waals surface area contributed by atoms with Crippen LogP contribution in [0.2, 0.25) is 0 Å². The summed E-state index contributed by atoms with van der Waals surface area (Å²) < 4.78 is 0. The van der Waals surface area contributed by atoms with Crippen molar-refractivity contribution >= 4 is 5.69 Å². The number of aromatic nitrogens is 1. The Morgan fingerprint density at radius 3 is 2.53 bits per heavy atom. The molecule has 1 aromatic carbocycles. The molecular weight excluding hydrogens is 210 g/mol. The van der Waals surface area contributed by atoms with Crippen molar-refractivity contribution in [2.45, 2.75) is 0 Å². The van der Waals surface area contributed by atoms with E-state index in [9.17, 15) is 0 Å². The summed E-state index contributed by atoms with van der Waals surface area (Å²) in [6.45, 7) is 0. The minimum Gasteiger partial charge on any atom is -0.399 e. The normalized spacial score (nSPS) is 8.88. The van der Waals surface area contributed by atoms with E-state index in [0.29, 0.717) is 16.8 Å². The highest BCUT2D eigenvalue weighted by atomic mass is 14.6. The van der Waals surface area contributed by atoms with Gasteiger partial charge in [0.2, 0.25) is 0 Å². The summed E-state index contributed by atoms with van der Waals surface area (Å²) in [6, 6.07) is 11.1. The molecular formula is C14H9N3. The molecule has 0 saturated heterocycles. The van der Waals surface area contributed by atoms with Gasteiger partial charge in [-0.2, -0.15) is 5.26 Å². The fourth-order valence-electron chi connectivity index (χ4n) is 1.33. The summed E-state index contributed by atoms with van der Waals surface area (Å²) in [6.07, 6.45) is 3.13. The van der Waals surface area contributed by atoms with E-state index >= 15 is 0 Å². The highest BCUT2D eigenvalue weighted by molar-refractivity contribution is 5.49. The largest absolute Gasteiger partial charge is 0.399 e. The zero-order valence-electron chi connectivity index (χ0n) is 9.01. The number of nitriles is 1. The molecule has 0 fully saturated rings. The van der Waals surface area contributed by atoms with E-state index in [-0.39, 0.29) is 0 Å². The van der Waals surface area contributed by atoms with E-state index in [0.717, 1.165) is 5.56 Å². The molecule has 0 spiro atoms. The Hall–Kier alpha value is -2.78. The van der Waals surface area contributed by atoms with E-state index in [1.807, 2.05) is 24.3 Å². The minimum absolute atomic E-state index is 0.504. The Balaban J connectivity index is 2.30. The van der Waals surface area contributed by atoms with Crippen molar-refractivity contribution in [2.75, 3.05) is 5.73 Å². The van der Waals surface area contributed by atoms with Crippen LogP contribution in [0.3, 0.4) is 0 Å². The topological polar surface area (TPSA) is 62.7 Å². The third kappa shape index (κ3) is 2.84. The predicted octanol–water partition coefficient (Wildman–Crippen LogP) is 1.94.